The number of nitrogens with zero attached hydrogens (tertiary/aromatic N) is 6. The highest BCUT2D eigenvalue weighted by molar-refractivity contribution is 5.69. The Kier molecular flexibility index (Phi) is 18.4. The maximum Gasteiger partial charge on any atom is 0.429 e. The highest BCUT2D eigenvalue weighted by Crippen LogP contribution is 2.49. The van der Waals surface area contributed by atoms with E-state index in [9.17, 15) is 62.9 Å². The summed E-state index contributed by atoms with van der Waals surface area (Å²) in [6.07, 6.45) is -21.7. The Morgan fingerprint density at radius 2 is 1.35 bits per heavy atom. The Labute approximate surface area is 435 Å². The van der Waals surface area contributed by atoms with Crippen molar-refractivity contribution in [3.63, 3.8) is 0 Å². The van der Waals surface area contributed by atoms with Crippen LogP contribution in [0.5, 0.6) is 11.8 Å². The maximum atomic E-state index is 14.7. The van der Waals surface area contributed by atoms with Crippen LogP contribution in [0.2, 0.25) is 0 Å². The number of benzene rings is 2. The van der Waals surface area contributed by atoms with Gasteiger partial charge in [-0.15, -0.1) is 33.6 Å². The number of aliphatic hydroxyl groups is 2. The molecule has 6 atom stereocenters. The van der Waals surface area contributed by atoms with Crippen molar-refractivity contribution < 1.29 is 90.7 Å². The lowest BCUT2D eigenvalue weighted by Crippen LogP contribution is -2.53. The van der Waals surface area contributed by atoms with Crippen molar-refractivity contribution in [2.75, 3.05) is 11.5 Å². The SMILES string of the molecule is C=CCC[C@@H](C)Oc1nc(-c2nnc(C(OCc3ccccc3)(C(O)C=C)C(F)(F)F)o2)c(N)cc1C(F)(F)F.C[C@@H]1CCC=CC(O)C(OCc2ccccc2)(C(F)(F)F)c2nnc(o2)-c2nc(c(C(F)(F)F)cc2N)O1. The van der Waals surface area contributed by atoms with Crippen LogP contribution in [0.3, 0.4) is 0 Å². The molecule has 16 nitrogen and oxygen atoms in total. The zero-order chi connectivity index (χ0) is 57.4. The molecule has 6 N–H and O–H groups in total. The van der Waals surface area contributed by atoms with Crippen LogP contribution in [0.15, 0.2) is 119 Å². The summed E-state index contributed by atoms with van der Waals surface area (Å²) in [5, 5.41) is 35.2. The number of rotatable bonds is 15. The van der Waals surface area contributed by atoms with Gasteiger partial charge in [-0.2, -0.15) is 52.7 Å². The molecule has 0 saturated carbocycles. The van der Waals surface area contributed by atoms with E-state index in [1.165, 1.54) is 44.2 Å². The van der Waals surface area contributed by atoms with Crippen LogP contribution in [-0.4, -0.2) is 77.3 Å². The van der Waals surface area contributed by atoms with Gasteiger partial charge in [-0.1, -0.05) is 85.0 Å². The molecule has 4 bridgehead atoms. The average Bonchev–Trinajstić information content (AvgIpc) is 4.19. The van der Waals surface area contributed by atoms with Crippen LogP contribution in [0.1, 0.15) is 73.6 Å². The van der Waals surface area contributed by atoms with E-state index in [0.29, 0.717) is 42.2 Å². The predicted octanol–water partition coefficient (Wildman–Crippen LogP) is 11.2. The molecule has 6 aromatic rings. The van der Waals surface area contributed by atoms with E-state index in [0.717, 1.165) is 6.08 Å². The van der Waals surface area contributed by atoms with Gasteiger partial charge in [0.15, 0.2) is 11.4 Å². The minimum absolute atomic E-state index is 0.0448. The number of alkyl halides is 12. The number of aliphatic hydroxyl groups excluding tert-OH is 2. The minimum Gasteiger partial charge on any atom is -0.474 e. The molecule has 2 aromatic carbocycles. The lowest BCUT2D eigenvalue weighted by Gasteiger charge is -2.35. The predicted molar refractivity (Wildman–Crippen MR) is 252 cm³/mol. The molecular formula is C50H48F12N8O8. The third kappa shape index (κ3) is 13.2. The molecule has 0 amide bonds. The first kappa shape index (κ1) is 59.7. The summed E-state index contributed by atoms with van der Waals surface area (Å²) in [5.41, 5.74) is 0.205. The summed E-state index contributed by atoms with van der Waals surface area (Å²) in [6, 6.07) is 16.7. The van der Waals surface area contributed by atoms with Crippen molar-refractivity contribution in [3.05, 3.63) is 144 Å². The number of fused-ring (bicyclic) bond motifs is 5. The lowest BCUT2D eigenvalue weighted by atomic mass is 9.94. The van der Waals surface area contributed by atoms with Crippen molar-refractivity contribution >= 4 is 11.4 Å². The molecule has 0 radical (unpaired) electrons. The number of aromatic nitrogens is 6. The molecular weight excluding hydrogens is 1070 g/mol. The van der Waals surface area contributed by atoms with Gasteiger partial charge in [0.2, 0.25) is 11.8 Å². The summed E-state index contributed by atoms with van der Waals surface area (Å²) in [7, 11) is 0. The van der Waals surface area contributed by atoms with Crippen LogP contribution in [0.4, 0.5) is 64.1 Å². The van der Waals surface area contributed by atoms with Crippen molar-refractivity contribution in [1.29, 1.82) is 0 Å². The highest BCUT2D eigenvalue weighted by Gasteiger charge is 2.67. The normalized spacial score (nSPS) is 18.8. The molecule has 28 heteroatoms. The van der Waals surface area contributed by atoms with Crippen molar-refractivity contribution in [2.45, 2.75) is 113 Å². The van der Waals surface area contributed by atoms with E-state index in [1.807, 2.05) is 0 Å². The van der Waals surface area contributed by atoms with Crippen LogP contribution in [0, 0.1) is 0 Å². The van der Waals surface area contributed by atoms with Crippen LogP contribution in [0.25, 0.3) is 23.2 Å². The van der Waals surface area contributed by atoms with Crippen molar-refractivity contribution in [3.8, 4) is 34.9 Å². The van der Waals surface area contributed by atoms with E-state index in [-0.39, 0.29) is 12.8 Å². The van der Waals surface area contributed by atoms with Crippen molar-refractivity contribution in [2.24, 2.45) is 0 Å². The number of pyridine rings is 2. The summed E-state index contributed by atoms with van der Waals surface area (Å²) < 4.78 is 201. The molecule has 4 unspecified atom stereocenters. The molecule has 0 saturated heterocycles. The molecule has 1 aliphatic rings. The highest BCUT2D eigenvalue weighted by atomic mass is 19.4. The summed E-state index contributed by atoms with van der Waals surface area (Å²) in [6.45, 7) is 8.48. The first-order chi connectivity index (χ1) is 36.6. The van der Waals surface area contributed by atoms with E-state index in [1.54, 1.807) is 42.5 Å². The second-order valence-electron chi connectivity index (χ2n) is 17.2. The number of hydrogen-bond donors (Lipinski definition) is 4. The number of allylic oxidation sites excluding steroid dienone is 2. The number of nitrogen functional groups attached to an aromatic ring is 2. The molecule has 0 fully saturated rings. The summed E-state index contributed by atoms with van der Waals surface area (Å²) >= 11 is 0. The molecule has 78 heavy (non-hydrogen) atoms. The Morgan fingerprint density at radius 3 is 1.91 bits per heavy atom. The topological polar surface area (TPSA) is 233 Å². The van der Waals surface area contributed by atoms with E-state index in [4.69, 9.17) is 39.2 Å². The molecule has 420 valence electrons. The monoisotopic (exact) mass is 1120 g/mol. The number of nitrogens with two attached hydrogens (primary N) is 2. The zero-order valence-corrected chi connectivity index (χ0v) is 40.9. The number of halogens is 12. The Morgan fingerprint density at radius 1 is 0.782 bits per heavy atom. The second kappa shape index (κ2) is 24.0. The first-order valence-electron chi connectivity index (χ1n) is 23.1. The Bertz CT molecular complexity index is 3010. The molecule has 0 aliphatic carbocycles. The second-order valence-corrected chi connectivity index (χ2v) is 17.2. The molecule has 1 aliphatic heterocycles. The van der Waals surface area contributed by atoms with Gasteiger partial charge < -0.3 is 49.5 Å². The summed E-state index contributed by atoms with van der Waals surface area (Å²) in [4.78, 5) is 7.56. The Hall–Kier alpha value is -7.56. The largest absolute Gasteiger partial charge is 0.474 e. The minimum atomic E-state index is -5.33. The van der Waals surface area contributed by atoms with Gasteiger partial charge in [-0.05, 0) is 62.8 Å². The quantitative estimate of drug-likeness (QED) is 0.0553. The molecule has 5 heterocycles. The van der Waals surface area contributed by atoms with Gasteiger partial charge in [0.05, 0.1) is 36.8 Å². The van der Waals surface area contributed by atoms with Gasteiger partial charge in [-0.25, -0.2) is 9.97 Å². The van der Waals surface area contributed by atoms with E-state index in [2.05, 4.69) is 43.5 Å². The number of hydrogen-bond acceptors (Lipinski definition) is 16. The van der Waals surface area contributed by atoms with Crippen molar-refractivity contribution in [1.82, 2.24) is 30.4 Å². The van der Waals surface area contributed by atoms with E-state index < -0.39 is 143 Å². The fourth-order valence-electron chi connectivity index (χ4n) is 7.43. The van der Waals surface area contributed by atoms with Gasteiger partial charge in [0.1, 0.15) is 23.3 Å². The summed E-state index contributed by atoms with van der Waals surface area (Å²) in [5.74, 6) is -5.67. The smallest absolute Gasteiger partial charge is 0.429 e. The average molecular weight is 1120 g/mol. The van der Waals surface area contributed by atoms with Gasteiger partial charge in [0, 0.05) is 0 Å². The number of ether oxygens (including phenoxy) is 4. The molecule has 0 spiro atoms. The first-order valence-corrected chi connectivity index (χ1v) is 23.1. The third-order valence-corrected chi connectivity index (χ3v) is 11.5. The van der Waals surface area contributed by atoms with Gasteiger partial charge >= 0.3 is 24.7 Å². The molecule has 4 aromatic heterocycles. The van der Waals surface area contributed by atoms with Gasteiger partial charge in [0.25, 0.3) is 34.8 Å². The maximum absolute atomic E-state index is 14.7. The molecule has 7 rings (SSSR count). The van der Waals surface area contributed by atoms with Crippen LogP contribution in [-0.2, 0) is 46.2 Å². The lowest BCUT2D eigenvalue weighted by molar-refractivity contribution is -0.320. The Balaban J connectivity index is 0.000000253. The zero-order valence-electron chi connectivity index (χ0n) is 40.9. The van der Waals surface area contributed by atoms with Crippen LogP contribution >= 0.6 is 0 Å². The number of anilines is 2. The van der Waals surface area contributed by atoms with Gasteiger partial charge in [-0.3, -0.25) is 0 Å². The van der Waals surface area contributed by atoms with E-state index >= 15 is 0 Å². The fourth-order valence-corrected chi connectivity index (χ4v) is 7.43. The standard InChI is InChI=1S/C26H26F6N4O4.C24H22F6N4O4/c1-4-6-10-15(3)39-21-17(25(27,28)29)13-18(33)20(34-21)22-35-36-23(40-22)24(19(37)5-2,26(30,31)32)38-14-16-11-8-7-9-12-16;1-13-7-5-6-10-17(35)22(24(28,29)30,36-12-14-8-3-2-4-9-14)21-34-33-20(38-21)18-16(31)11-15(23(25,26)27)19(32-18)37-13/h4-5,7-9,11-13,15,19,37H,1-2,6,10,14,33H2,3H3;2-4,6,8-11,13,17,35H,5,7,12,31H2,1H3/t15-,19?,24?;13-,17?,22?/m11/s1. The van der Waals surface area contributed by atoms with Crippen LogP contribution < -0.4 is 20.9 Å². The fraction of sp³-hybridized carbons (Fsp3) is 0.360. The third-order valence-electron chi connectivity index (χ3n) is 11.5.